The maximum atomic E-state index is 6.00. The molecule has 1 nitrogen and oxygen atoms in total. The molecule has 0 aliphatic heterocycles. The molecule has 0 saturated heterocycles. The summed E-state index contributed by atoms with van der Waals surface area (Å²) in [6.45, 7) is 9.12. The van der Waals surface area contributed by atoms with Gasteiger partial charge in [-0.2, -0.15) is 0 Å². The zero-order valence-corrected chi connectivity index (χ0v) is 13.0. The lowest BCUT2D eigenvalue weighted by Gasteiger charge is -2.27. The first-order chi connectivity index (χ1) is 8.86. The predicted molar refractivity (Wildman–Crippen MR) is 83.5 cm³/mol. The highest BCUT2D eigenvalue weighted by Gasteiger charge is 2.20. The van der Waals surface area contributed by atoms with E-state index in [0.717, 1.165) is 5.92 Å². The molecule has 0 atom stereocenters. The van der Waals surface area contributed by atoms with Crippen molar-refractivity contribution >= 4 is 0 Å². The van der Waals surface area contributed by atoms with E-state index in [1.807, 2.05) is 0 Å². The van der Waals surface area contributed by atoms with Gasteiger partial charge in [0.25, 0.3) is 0 Å². The molecule has 1 aromatic rings. The van der Waals surface area contributed by atoms with Crippen LogP contribution in [0.25, 0.3) is 0 Å². The third kappa shape index (κ3) is 3.82. The summed E-state index contributed by atoms with van der Waals surface area (Å²) in [6, 6.07) is 7.47. The van der Waals surface area contributed by atoms with E-state index in [2.05, 4.69) is 45.9 Å². The Balaban J connectivity index is 2.11. The SMILES string of the molecule is Cc1ccc(C(C)(C)C)cc1CC1CCC(N)CC1. The highest BCUT2D eigenvalue weighted by Crippen LogP contribution is 2.30. The van der Waals surface area contributed by atoms with Crippen molar-refractivity contribution in [2.45, 2.75) is 71.3 Å². The molecule has 1 aliphatic carbocycles. The standard InChI is InChI=1S/C18H29N/c1-13-5-8-16(18(2,3)4)12-15(13)11-14-6-9-17(19)10-7-14/h5,8,12,14,17H,6-7,9-11,19H2,1-4H3. The number of nitrogens with two attached hydrogens (primary N) is 1. The van der Waals surface area contributed by atoms with Crippen molar-refractivity contribution in [1.29, 1.82) is 0 Å². The van der Waals surface area contributed by atoms with Crippen LogP contribution < -0.4 is 5.73 Å². The Labute approximate surface area is 118 Å². The Kier molecular flexibility index (Phi) is 4.35. The third-order valence-electron chi connectivity index (χ3n) is 4.62. The van der Waals surface area contributed by atoms with Gasteiger partial charge in [0.05, 0.1) is 0 Å². The van der Waals surface area contributed by atoms with Crippen LogP contribution in [0.1, 0.15) is 63.1 Å². The summed E-state index contributed by atoms with van der Waals surface area (Å²) in [5.74, 6) is 0.841. The summed E-state index contributed by atoms with van der Waals surface area (Å²) >= 11 is 0. The summed E-state index contributed by atoms with van der Waals surface area (Å²) in [5, 5.41) is 0. The number of hydrogen-bond donors (Lipinski definition) is 1. The van der Waals surface area contributed by atoms with E-state index in [0.29, 0.717) is 6.04 Å². The summed E-state index contributed by atoms with van der Waals surface area (Å²) in [4.78, 5) is 0. The van der Waals surface area contributed by atoms with Crippen molar-refractivity contribution in [2.24, 2.45) is 11.7 Å². The fourth-order valence-electron chi connectivity index (χ4n) is 3.06. The van der Waals surface area contributed by atoms with Gasteiger partial charge < -0.3 is 5.73 Å². The molecule has 0 radical (unpaired) electrons. The van der Waals surface area contributed by atoms with Gasteiger partial charge in [-0.05, 0) is 67.1 Å². The molecule has 0 spiro atoms. The molecule has 0 unspecified atom stereocenters. The van der Waals surface area contributed by atoms with Gasteiger partial charge in [0.2, 0.25) is 0 Å². The van der Waals surface area contributed by atoms with Crippen LogP contribution in [0.4, 0.5) is 0 Å². The Hall–Kier alpha value is -0.820. The molecule has 2 rings (SSSR count). The number of aryl methyl sites for hydroxylation is 1. The van der Waals surface area contributed by atoms with Crippen LogP contribution in [-0.4, -0.2) is 6.04 Å². The van der Waals surface area contributed by atoms with E-state index < -0.39 is 0 Å². The van der Waals surface area contributed by atoms with Crippen LogP contribution in [0, 0.1) is 12.8 Å². The monoisotopic (exact) mass is 259 g/mol. The quantitative estimate of drug-likeness (QED) is 0.839. The van der Waals surface area contributed by atoms with E-state index in [1.165, 1.54) is 43.2 Å². The van der Waals surface area contributed by atoms with Crippen molar-refractivity contribution in [3.8, 4) is 0 Å². The lowest BCUT2D eigenvalue weighted by molar-refractivity contribution is 0.324. The maximum absolute atomic E-state index is 6.00. The Morgan fingerprint density at radius 3 is 2.32 bits per heavy atom. The van der Waals surface area contributed by atoms with Gasteiger partial charge >= 0.3 is 0 Å². The van der Waals surface area contributed by atoms with Crippen LogP contribution in [0.2, 0.25) is 0 Å². The summed E-state index contributed by atoms with van der Waals surface area (Å²) in [7, 11) is 0. The van der Waals surface area contributed by atoms with E-state index in [4.69, 9.17) is 5.73 Å². The molecular formula is C18H29N. The first kappa shape index (κ1) is 14.6. The van der Waals surface area contributed by atoms with Crippen molar-refractivity contribution in [1.82, 2.24) is 0 Å². The highest BCUT2D eigenvalue weighted by molar-refractivity contribution is 5.34. The average molecular weight is 259 g/mol. The van der Waals surface area contributed by atoms with Gasteiger partial charge in [-0.15, -0.1) is 0 Å². The zero-order valence-electron chi connectivity index (χ0n) is 13.0. The Morgan fingerprint density at radius 1 is 1.11 bits per heavy atom. The van der Waals surface area contributed by atoms with Gasteiger partial charge in [-0.3, -0.25) is 0 Å². The van der Waals surface area contributed by atoms with E-state index in [1.54, 1.807) is 5.56 Å². The summed E-state index contributed by atoms with van der Waals surface area (Å²) < 4.78 is 0. The molecule has 0 amide bonds. The van der Waals surface area contributed by atoms with Crippen LogP contribution in [0.5, 0.6) is 0 Å². The van der Waals surface area contributed by atoms with Crippen LogP contribution >= 0.6 is 0 Å². The summed E-state index contributed by atoms with van der Waals surface area (Å²) in [5.41, 5.74) is 10.7. The van der Waals surface area contributed by atoms with E-state index in [-0.39, 0.29) is 5.41 Å². The van der Waals surface area contributed by atoms with Gasteiger partial charge in [-0.25, -0.2) is 0 Å². The molecular weight excluding hydrogens is 230 g/mol. The second-order valence-corrected chi connectivity index (χ2v) is 7.38. The molecule has 0 heterocycles. The molecule has 1 saturated carbocycles. The molecule has 1 heteroatoms. The molecule has 1 aromatic carbocycles. The first-order valence-corrected chi connectivity index (χ1v) is 7.72. The van der Waals surface area contributed by atoms with Crippen molar-refractivity contribution in [2.75, 3.05) is 0 Å². The molecule has 0 bridgehead atoms. The summed E-state index contributed by atoms with van der Waals surface area (Å²) in [6.07, 6.45) is 6.27. The van der Waals surface area contributed by atoms with Gasteiger partial charge in [-0.1, -0.05) is 39.0 Å². The fourth-order valence-corrected chi connectivity index (χ4v) is 3.06. The predicted octanol–water partition coefficient (Wildman–Crippen LogP) is 4.35. The first-order valence-electron chi connectivity index (χ1n) is 7.72. The second-order valence-electron chi connectivity index (χ2n) is 7.38. The number of rotatable bonds is 2. The van der Waals surface area contributed by atoms with Gasteiger partial charge in [0, 0.05) is 6.04 Å². The molecule has 2 N–H and O–H groups in total. The Bertz CT molecular complexity index is 420. The topological polar surface area (TPSA) is 26.0 Å². The van der Waals surface area contributed by atoms with Gasteiger partial charge in [0.15, 0.2) is 0 Å². The van der Waals surface area contributed by atoms with Crippen molar-refractivity contribution in [3.05, 3.63) is 34.9 Å². The van der Waals surface area contributed by atoms with Gasteiger partial charge in [0.1, 0.15) is 0 Å². The number of hydrogen-bond acceptors (Lipinski definition) is 1. The molecule has 106 valence electrons. The maximum Gasteiger partial charge on any atom is 0.00390 e. The van der Waals surface area contributed by atoms with Crippen LogP contribution in [0.3, 0.4) is 0 Å². The molecule has 0 aromatic heterocycles. The fraction of sp³-hybridized carbons (Fsp3) is 0.667. The zero-order chi connectivity index (χ0) is 14.0. The second kappa shape index (κ2) is 5.66. The Morgan fingerprint density at radius 2 is 1.74 bits per heavy atom. The minimum atomic E-state index is 0.247. The van der Waals surface area contributed by atoms with E-state index >= 15 is 0 Å². The number of benzene rings is 1. The van der Waals surface area contributed by atoms with Crippen LogP contribution in [-0.2, 0) is 11.8 Å². The third-order valence-corrected chi connectivity index (χ3v) is 4.62. The highest BCUT2D eigenvalue weighted by atomic mass is 14.6. The minimum absolute atomic E-state index is 0.247. The van der Waals surface area contributed by atoms with E-state index in [9.17, 15) is 0 Å². The molecule has 1 aliphatic rings. The van der Waals surface area contributed by atoms with Crippen molar-refractivity contribution < 1.29 is 0 Å². The lowest BCUT2D eigenvalue weighted by atomic mass is 9.80. The lowest BCUT2D eigenvalue weighted by Crippen LogP contribution is -2.27. The van der Waals surface area contributed by atoms with Crippen molar-refractivity contribution in [3.63, 3.8) is 0 Å². The molecule has 1 fully saturated rings. The normalized spacial score (nSPS) is 24.5. The average Bonchev–Trinajstić information content (AvgIpc) is 2.33. The molecule has 19 heavy (non-hydrogen) atoms. The smallest absolute Gasteiger partial charge is 0.00390 e. The largest absolute Gasteiger partial charge is 0.328 e. The minimum Gasteiger partial charge on any atom is -0.328 e. The van der Waals surface area contributed by atoms with Crippen LogP contribution in [0.15, 0.2) is 18.2 Å².